The average Bonchev–Trinajstić information content (AvgIpc) is 3.62. The molecule has 1 unspecified atom stereocenters. The molecule has 70 heavy (non-hydrogen) atoms. The minimum Gasteiger partial charge on any atom is -0.496 e. The zero-order chi connectivity index (χ0) is 49.5. The van der Waals surface area contributed by atoms with Gasteiger partial charge in [0.25, 0.3) is 11.8 Å². The van der Waals surface area contributed by atoms with Crippen LogP contribution in [0, 0.1) is 0 Å². The van der Waals surface area contributed by atoms with E-state index in [2.05, 4.69) is 43.6 Å². The third-order valence-corrected chi connectivity index (χ3v) is 16.7. The zero-order valence-electron chi connectivity index (χ0n) is 40.3. The SMILES string of the molecule is COc1cc(N2CCC(N3CCN(C(=O)CCCCCCCNc4cccc5c4C(=O)N(C4CCC(=O)NC4=O)C5=O)CC3)CC2)ccc1Cc1ncc(Cl)c(Cc2ccccc2S(=O)(=O)C(C)C)n1. The number of sulfone groups is 1. The average molecular weight is 996 g/mol. The highest BCUT2D eigenvalue weighted by molar-refractivity contribution is 7.92. The van der Waals surface area contributed by atoms with E-state index in [1.54, 1.807) is 63.6 Å². The highest BCUT2D eigenvalue weighted by Gasteiger charge is 2.45. The van der Waals surface area contributed by atoms with E-state index in [0.29, 0.717) is 58.1 Å². The second-order valence-corrected chi connectivity index (χ2v) is 21.8. The largest absolute Gasteiger partial charge is 0.496 e. The minimum absolute atomic E-state index is 0.0744. The van der Waals surface area contributed by atoms with E-state index in [9.17, 15) is 32.4 Å². The highest BCUT2D eigenvalue weighted by atomic mass is 35.5. The van der Waals surface area contributed by atoms with E-state index in [1.165, 1.54) is 0 Å². The summed E-state index contributed by atoms with van der Waals surface area (Å²) in [5, 5.41) is 5.36. The van der Waals surface area contributed by atoms with Crippen LogP contribution in [0.15, 0.2) is 71.8 Å². The number of ether oxygens (including phenoxy) is 1. The van der Waals surface area contributed by atoms with Crippen LogP contribution < -0.4 is 20.3 Å². The second-order valence-electron chi connectivity index (χ2n) is 18.9. The first kappa shape index (κ1) is 50.5. The van der Waals surface area contributed by atoms with Crippen molar-refractivity contribution in [3.63, 3.8) is 0 Å². The Morgan fingerprint density at radius 1 is 0.857 bits per heavy atom. The molecule has 1 atom stereocenters. The van der Waals surface area contributed by atoms with Gasteiger partial charge in [0.05, 0.1) is 39.1 Å². The Hall–Kier alpha value is -5.91. The molecule has 8 rings (SSSR count). The second kappa shape index (κ2) is 22.4. The fraction of sp³-hybridized carbons (Fsp3) is 0.481. The maximum Gasteiger partial charge on any atom is 0.264 e. The zero-order valence-corrected chi connectivity index (χ0v) is 41.8. The number of piperazine rings is 1. The number of imide groups is 2. The van der Waals surface area contributed by atoms with Crippen molar-refractivity contribution < 1.29 is 37.1 Å². The first-order chi connectivity index (χ1) is 33.7. The van der Waals surface area contributed by atoms with Gasteiger partial charge < -0.3 is 19.9 Å². The van der Waals surface area contributed by atoms with Gasteiger partial charge in [-0.15, -0.1) is 0 Å². The molecule has 0 radical (unpaired) electrons. The standard InChI is InChI=1S/C52H63ClN8O8S/c1-34(2)70(67,68)45-15-9-8-12-36(45)30-42-40(53)33-55-46(56-42)31-35-17-18-38(32-44(35)69-3)58-24-21-37(22-25-58)59-26-28-60(29-27-59)48(63)16-7-5-4-6-10-23-54-41-14-11-13-39-49(41)52(66)61(51(39)65)43-19-20-47(62)57-50(43)64/h8-9,11-15,17-18,32-34,37,43,54H,4-7,10,16,19-31H2,1-3H3,(H,57,62,64). The number of hydrogen-bond donors (Lipinski definition) is 2. The molecular weight excluding hydrogens is 932 g/mol. The van der Waals surface area contributed by atoms with Gasteiger partial charge in [0.2, 0.25) is 17.7 Å². The molecule has 4 aliphatic rings. The van der Waals surface area contributed by atoms with E-state index in [1.807, 2.05) is 11.0 Å². The van der Waals surface area contributed by atoms with Crippen molar-refractivity contribution in [1.82, 2.24) is 30.0 Å². The predicted molar refractivity (Wildman–Crippen MR) is 267 cm³/mol. The number of benzene rings is 3. The van der Waals surface area contributed by atoms with Crippen LogP contribution in [0.5, 0.6) is 5.75 Å². The lowest BCUT2D eigenvalue weighted by Crippen LogP contribution is -2.54. The number of unbranched alkanes of at least 4 members (excludes halogenated alkanes) is 4. The van der Waals surface area contributed by atoms with Gasteiger partial charge in [0.15, 0.2) is 9.84 Å². The number of carbonyl (C=O) groups excluding carboxylic acids is 5. The molecule has 5 heterocycles. The van der Waals surface area contributed by atoms with Gasteiger partial charge in [-0.1, -0.05) is 61.2 Å². The van der Waals surface area contributed by atoms with Crippen molar-refractivity contribution in [2.75, 3.05) is 63.1 Å². The Labute approximate surface area is 415 Å². The normalized spacial score (nSPS) is 18.1. The Morgan fingerprint density at radius 2 is 1.60 bits per heavy atom. The number of halogens is 1. The summed E-state index contributed by atoms with van der Waals surface area (Å²) < 4.78 is 32.1. The van der Waals surface area contributed by atoms with Gasteiger partial charge in [-0.3, -0.25) is 39.1 Å². The number of rotatable bonds is 19. The number of methoxy groups -OCH3 is 1. The molecule has 0 saturated carbocycles. The molecule has 4 aliphatic heterocycles. The molecular formula is C52H63ClN8O8S. The number of hydrogen-bond acceptors (Lipinski definition) is 13. The summed E-state index contributed by atoms with van der Waals surface area (Å²) in [5.74, 6) is -0.540. The first-order valence-corrected chi connectivity index (χ1v) is 26.5. The van der Waals surface area contributed by atoms with E-state index < -0.39 is 44.8 Å². The summed E-state index contributed by atoms with van der Waals surface area (Å²) in [6.45, 7) is 9.05. The molecule has 5 amide bonds. The summed E-state index contributed by atoms with van der Waals surface area (Å²) in [6.07, 6.45) is 9.65. The topological polar surface area (TPSA) is 192 Å². The summed E-state index contributed by atoms with van der Waals surface area (Å²) >= 11 is 6.56. The summed E-state index contributed by atoms with van der Waals surface area (Å²) in [6, 6.07) is 17.8. The molecule has 3 aromatic carbocycles. The van der Waals surface area contributed by atoms with Crippen molar-refractivity contribution >= 4 is 62.3 Å². The Balaban J connectivity index is 0.727. The number of nitrogens with one attached hydrogen (secondary N) is 2. The molecule has 18 heteroatoms. The van der Waals surface area contributed by atoms with Gasteiger partial charge in [0.1, 0.15) is 17.6 Å². The van der Waals surface area contributed by atoms with Gasteiger partial charge >= 0.3 is 0 Å². The van der Waals surface area contributed by atoms with E-state index >= 15 is 0 Å². The van der Waals surface area contributed by atoms with Crippen LogP contribution >= 0.6 is 11.6 Å². The number of aromatic nitrogens is 2. The van der Waals surface area contributed by atoms with Crippen molar-refractivity contribution in [1.29, 1.82) is 0 Å². The number of amides is 5. The summed E-state index contributed by atoms with van der Waals surface area (Å²) in [7, 11) is -1.83. The van der Waals surface area contributed by atoms with Crippen LogP contribution in [0.3, 0.4) is 0 Å². The molecule has 3 saturated heterocycles. The first-order valence-electron chi connectivity index (χ1n) is 24.6. The Morgan fingerprint density at radius 3 is 2.34 bits per heavy atom. The maximum atomic E-state index is 13.4. The number of nitrogens with zero attached hydrogens (tertiary/aromatic N) is 6. The van der Waals surface area contributed by atoms with Crippen LogP contribution in [0.1, 0.15) is 121 Å². The highest BCUT2D eigenvalue weighted by Crippen LogP contribution is 2.34. The van der Waals surface area contributed by atoms with Crippen molar-refractivity contribution in [2.45, 2.75) is 113 Å². The lowest BCUT2D eigenvalue weighted by molar-refractivity contribution is -0.136. The molecule has 0 spiro atoms. The third kappa shape index (κ3) is 11.3. The Kier molecular flexibility index (Phi) is 16.2. The molecule has 0 aliphatic carbocycles. The van der Waals surface area contributed by atoms with E-state index in [-0.39, 0.29) is 36.3 Å². The van der Waals surface area contributed by atoms with Gasteiger partial charge in [-0.05, 0) is 75.8 Å². The fourth-order valence-corrected chi connectivity index (χ4v) is 11.5. The quantitative estimate of drug-likeness (QED) is 0.0769. The molecule has 0 bridgehead atoms. The van der Waals surface area contributed by atoms with Crippen LogP contribution in [0.25, 0.3) is 0 Å². The molecule has 1 aromatic heterocycles. The molecule has 3 fully saturated rings. The van der Waals surface area contributed by atoms with Gasteiger partial charge in [-0.25, -0.2) is 18.4 Å². The van der Waals surface area contributed by atoms with Crippen molar-refractivity contribution in [2.24, 2.45) is 0 Å². The monoisotopic (exact) mass is 994 g/mol. The van der Waals surface area contributed by atoms with Crippen LogP contribution in [-0.2, 0) is 37.1 Å². The summed E-state index contributed by atoms with van der Waals surface area (Å²) in [5.41, 5.74) is 4.33. The summed E-state index contributed by atoms with van der Waals surface area (Å²) in [4.78, 5) is 81.3. The number of fused-ring (bicyclic) bond motifs is 1. The van der Waals surface area contributed by atoms with Crippen LogP contribution in [-0.4, -0.2) is 133 Å². The molecule has 2 N–H and O–H groups in total. The van der Waals surface area contributed by atoms with Crippen LogP contribution in [0.4, 0.5) is 11.4 Å². The minimum atomic E-state index is -3.50. The number of piperidine rings is 2. The van der Waals surface area contributed by atoms with E-state index in [4.69, 9.17) is 21.3 Å². The lowest BCUT2D eigenvalue weighted by Gasteiger charge is -2.43. The maximum absolute atomic E-state index is 13.4. The Bertz CT molecular complexity index is 2720. The van der Waals surface area contributed by atoms with Crippen molar-refractivity contribution in [3.05, 3.63) is 106 Å². The molecule has 4 aromatic rings. The number of anilines is 2. The fourth-order valence-electron chi connectivity index (χ4n) is 10.1. The van der Waals surface area contributed by atoms with Gasteiger partial charge in [0, 0.05) is 107 Å². The lowest BCUT2D eigenvalue weighted by atomic mass is 10.0. The third-order valence-electron chi connectivity index (χ3n) is 14.1. The molecule has 372 valence electrons. The predicted octanol–water partition coefficient (Wildman–Crippen LogP) is 6.47. The van der Waals surface area contributed by atoms with Crippen LogP contribution in [0.2, 0.25) is 5.02 Å². The van der Waals surface area contributed by atoms with Gasteiger partial charge in [-0.2, -0.15) is 0 Å². The number of carbonyl (C=O) groups is 5. The smallest absolute Gasteiger partial charge is 0.264 e. The molecule has 16 nitrogen and oxygen atoms in total. The van der Waals surface area contributed by atoms with E-state index in [0.717, 1.165) is 106 Å². The van der Waals surface area contributed by atoms with Crippen molar-refractivity contribution in [3.8, 4) is 5.75 Å².